The fraction of sp³-hybridized carbons (Fsp3) is 0.471. The van der Waals surface area contributed by atoms with Crippen molar-refractivity contribution in [2.45, 2.75) is 32.2 Å². The maximum Gasteiger partial charge on any atom is 0.337 e. The molecule has 0 radical (unpaired) electrons. The standard InChI is InChI=1S/C17H24N2O5/c1-5-9-17(2,16(22)24-4)18-11-14(20)19-13-8-6-7-12(10-13)15(21)23-3/h6-8,10,18H,5,9,11H2,1-4H3,(H,19,20). The Labute approximate surface area is 141 Å². The molecular weight excluding hydrogens is 312 g/mol. The molecule has 1 rings (SSSR count). The third kappa shape index (κ3) is 5.34. The molecule has 1 unspecified atom stereocenters. The van der Waals surface area contributed by atoms with Crippen LogP contribution < -0.4 is 10.6 Å². The van der Waals surface area contributed by atoms with Gasteiger partial charge >= 0.3 is 11.9 Å². The minimum atomic E-state index is -0.922. The largest absolute Gasteiger partial charge is 0.468 e. The number of benzene rings is 1. The van der Waals surface area contributed by atoms with Crippen molar-refractivity contribution in [2.75, 3.05) is 26.1 Å². The van der Waals surface area contributed by atoms with Crippen molar-refractivity contribution in [3.63, 3.8) is 0 Å². The third-order valence-corrected chi connectivity index (χ3v) is 3.59. The molecule has 0 heterocycles. The van der Waals surface area contributed by atoms with Gasteiger partial charge in [-0.05, 0) is 31.5 Å². The second kappa shape index (κ2) is 9.02. The van der Waals surface area contributed by atoms with Gasteiger partial charge in [-0.2, -0.15) is 0 Å². The second-order valence-electron chi connectivity index (χ2n) is 5.55. The van der Waals surface area contributed by atoms with Crippen LogP contribution in [0.2, 0.25) is 0 Å². The van der Waals surface area contributed by atoms with Crippen molar-refractivity contribution >= 4 is 23.5 Å². The highest BCUT2D eigenvalue weighted by atomic mass is 16.5. The number of hydrogen-bond acceptors (Lipinski definition) is 6. The summed E-state index contributed by atoms with van der Waals surface area (Å²) < 4.78 is 9.43. The molecule has 132 valence electrons. The monoisotopic (exact) mass is 336 g/mol. The van der Waals surface area contributed by atoms with Gasteiger partial charge in [0.2, 0.25) is 5.91 Å². The highest BCUT2D eigenvalue weighted by molar-refractivity contribution is 5.95. The Kier molecular flexibility index (Phi) is 7.38. The van der Waals surface area contributed by atoms with E-state index >= 15 is 0 Å². The first kappa shape index (κ1) is 19.6. The minimum absolute atomic E-state index is 0.0615. The lowest BCUT2D eigenvalue weighted by Gasteiger charge is -2.27. The fourth-order valence-corrected chi connectivity index (χ4v) is 2.31. The minimum Gasteiger partial charge on any atom is -0.468 e. The molecule has 1 aromatic rings. The Morgan fingerprint density at radius 3 is 2.46 bits per heavy atom. The number of nitrogens with one attached hydrogen (secondary N) is 2. The number of carbonyl (C=O) groups is 3. The fourth-order valence-electron chi connectivity index (χ4n) is 2.31. The molecule has 1 atom stereocenters. The van der Waals surface area contributed by atoms with E-state index in [9.17, 15) is 14.4 Å². The van der Waals surface area contributed by atoms with E-state index in [-0.39, 0.29) is 12.5 Å². The number of hydrogen-bond donors (Lipinski definition) is 2. The average Bonchev–Trinajstić information content (AvgIpc) is 2.59. The van der Waals surface area contributed by atoms with Gasteiger partial charge < -0.3 is 14.8 Å². The van der Waals surface area contributed by atoms with Crippen molar-refractivity contribution in [2.24, 2.45) is 0 Å². The van der Waals surface area contributed by atoms with Crippen LogP contribution in [-0.4, -0.2) is 44.1 Å². The predicted molar refractivity (Wildman–Crippen MR) is 89.7 cm³/mol. The van der Waals surface area contributed by atoms with Gasteiger partial charge in [0.1, 0.15) is 5.54 Å². The van der Waals surface area contributed by atoms with E-state index in [1.54, 1.807) is 25.1 Å². The van der Waals surface area contributed by atoms with Gasteiger partial charge in [0.05, 0.1) is 26.3 Å². The van der Waals surface area contributed by atoms with Crippen LogP contribution in [0.4, 0.5) is 5.69 Å². The lowest BCUT2D eigenvalue weighted by atomic mass is 9.96. The number of carbonyl (C=O) groups excluding carboxylic acids is 3. The Balaban J connectivity index is 2.69. The lowest BCUT2D eigenvalue weighted by molar-refractivity contribution is -0.148. The van der Waals surface area contributed by atoms with E-state index in [1.807, 2.05) is 6.92 Å². The molecule has 1 aromatic carbocycles. The molecule has 0 fully saturated rings. The van der Waals surface area contributed by atoms with Gasteiger partial charge in [0, 0.05) is 5.69 Å². The first-order valence-electron chi connectivity index (χ1n) is 7.68. The van der Waals surface area contributed by atoms with Gasteiger partial charge in [-0.15, -0.1) is 0 Å². The average molecular weight is 336 g/mol. The van der Waals surface area contributed by atoms with Crippen LogP contribution in [0.15, 0.2) is 24.3 Å². The van der Waals surface area contributed by atoms with Gasteiger partial charge in [-0.3, -0.25) is 14.9 Å². The van der Waals surface area contributed by atoms with Crippen LogP contribution in [-0.2, 0) is 19.1 Å². The number of esters is 2. The molecule has 2 N–H and O–H groups in total. The highest BCUT2D eigenvalue weighted by Gasteiger charge is 2.33. The summed E-state index contributed by atoms with van der Waals surface area (Å²) in [5.74, 6) is -1.22. The maximum absolute atomic E-state index is 12.1. The summed E-state index contributed by atoms with van der Waals surface area (Å²) in [7, 11) is 2.61. The molecule has 7 nitrogen and oxygen atoms in total. The molecule has 0 aliphatic rings. The van der Waals surface area contributed by atoms with E-state index in [0.717, 1.165) is 6.42 Å². The van der Waals surface area contributed by atoms with Gasteiger partial charge in [-0.1, -0.05) is 19.4 Å². The lowest BCUT2D eigenvalue weighted by Crippen LogP contribution is -2.52. The summed E-state index contributed by atoms with van der Waals surface area (Å²) in [5, 5.41) is 5.61. The van der Waals surface area contributed by atoms with Gasteiger partial charge in [-0.25, -0.2) is 4.79 Å². The number of ether oxygens (including phenoxy) is 2. The van der Waals surface area contributed by atoms with E-state index in [1.165, 1.54) is 20.3 Å². The van der Waals surface area contributed by atoms with Crippen LogP contribution in [0.5, 0.6) is 0 Å². The summed E-state index contributed by atoms with van der Waals surface area (Å²) in [4.78, 5) is 35.5. The highest BCUT2D eigenvalue weighted by Crippen LogP contribution is 2.15. The van der Waals surface area contributed by atoms with Crippen LogP contribution in [0, 0.1) is 0 Å². The Morgan fingerprint density at radius 2 is 1.88 bits per heavy atom. The Morgan fingerprint density at radius 1 is 1.17 bits per heavy atom. The van der Waals surface area contributed by atoms with E-state index in [2.05, 4.69) is 15.4 Å². The summed E-state index contributed by atoms with van der Waals surface area (Å²) in [6.07, 6.45) is 1.31. The zero-order valence-electron chi connectivity index (χ0n) is 14.5. The molecule has 0 bridgehead atoms. The number of rotatable bonds is 8. The molecule has 0 aliphatic heterocycles. The van der Waals surface area contributed by atoms with E-state index in [4.69, 9.17) is 4.74 Å². The number of amides is 1. The Bertz CT molecular complexity index is 602. The van der Waals surface area contributed by atoms with E-state index < -0.39 is 17.5 Å². The third-order valence-electron chi connectivity index (χ3n) is 3.59. The summed E-state index contributed by atoms with van der Waals surface area (Å²) >= 11 is 0. The zero-order valence-corrected chi connectivity index (χ0v) is 14.5. The predicted octanol–water partition coefficient (Wildman–Crippen LogP) is 1.73. The maximum atomic E-state index is 12.1. The van der Waals surface area contributed by atoms with Crippen molar-refractivity contribution in [3.05, 3.63) is 29.8 Å². The zero-order chi connectivity index (χ0) is 18.2. The molecular formula is C17H24N2O5. The van der Waals surface area contributed by atoms with Gasteiger partial charge in [0.15, 0.2) is 0 Å². The SMILES string of the molecule is CCCC(C)(NCC(=O)Nc1cccc(C(=O)OC)c1)C(=O)OC. The molecule has 7 heteroatoms. The van der Waals surface area contributed by atoms with Crippen molar-refractivity contribution in [1.29, 1.82) is 0 Å². The van der Waals surface area contributed by atoms with Crippen molar-refractivity contribution in [3.8, 4) is 0 Å². The van der Waals surface area contributed by atoms with Crippen molar-refractivity contribution < 1.29 is 23.9 Å². The quantitative estimate of drug-likeness (QED) is 0.702. The first-order chi connectivity index (χ1) is 11.4. The normalized spacial score (nSPS) is 12.8. The second-order valence-corrected chi connectivity index (χ2v) is 5.55. The number of anilines is 1. The first-order valence-corrected chi connectivity index (χ1v) is 7.68. The molecule has 0 spiro atoms. The molecule has 0 aliphatic carbocycles. The summed E-state index contributed by atoms with van der Waals surface area (Å²) in [6.45, 7) is 3.59. The van der Waals surface area contributed by atoms with Crippen LogP contribution >= 0.6 is 0 Å². The van der Waals surface area contributed by atoms with Crippen LogP contribution in [0.25, 0.3) is 0 Å². The summed E-state index contributed by atoms with van der Waals surface area (Å²) in [6, 6.07) is 6.42. The Hall–Kier alpha value is -2.41. The number of methoxy groups -OCH3 is 2. The smallest absolute Gasteiger partial charge is 0.337 e. The van der Waals surface area contributed by atoms with Crippen molar-refractivity contribution in [1.82, 2.24) is 5.32 Å². The van der Waals surface area contributed by atoms with Gasteiger partial charge in [0.25, 0.3) is 0 Å². The summed E-state index contributed by atoms with van der Waals surface area (Å²) in [5.41, 5.74) is -0.108. The van der Waals surface area contributed by atoms with Crippen LogP contribution in [0.3, 0.4) is 0 Å². The molecule has 0 saturated carbocycles. The molecule has 0 saturated heterocycles. The molecule has 0 aromatic heterocycles. The topological polar surface area (TPSA) is 93.7 Å². The van der Waals surface area contributed by atoms with Crippen LogP contribution in [0.1, 0.15) is 37.0 Å². The molecule has 24 heavy (non-hydrogen) atoms. The molecule has 1 amide bonds. The van der Waals surface area contributed by atoms with E-state index in [0.29, 0.717) is 17.7 Å².